The summed E-state index contributed by atoms with van der Waals surface area (Å²) >= 11 is 0. The van der Waals surface area contributed by atoms with Crippen LogP contribution in [-0.4, -0.2) is 67.6 Å². The molecule has 10 heteroatoms. The van der Waals surface area contributed by atoms with Crippen molar-refractivity contribution in [2.24, 2.45) is 5.41 Å². The molecule has 1 aromatic carbocycles. The molecule has 3 aliphatic rings. The minimum atomic E-state index is -4.43. The van der Waals surface area contributed by atoms with Crippen molar-refractivity contribution >= 4 is 21.9 Å². The molecule has 2 amide bonds. The van der Waals surface area contributed by atoms with Gasteiger partial charge in [0.05, 0.1) is 0 Å². The molecular formula is C20H26N2O7S. The van der Waals surface area contributed by atoms with Crippen LogP contribution in [0.25, 0.3) is 0 Å². The van der Waals surface area contributed by atoms with Crippen molar-refractivity contribution < 1.29 is 32.0 Å². The molecule has 0 aromatic heterocycles. The number of hydrogen-bond acceptors (Lipinski definition) is 7. The van der Waals surface area contributed by atoms with Crippen LogP contribution in [0, 0.1) is 5.41 Å². The maximum absolute atomic E-state index is 12.6. The number of benzene rings is 1. The molecule has 2 heterocycles. The summed E-state index contributed by atoms with van der Waals surface area (Å²) in [5.41, 5.74) is -0.120. The standard InChI is InChI=1S/C20H26N2O7S/c1-21(9-10-22-16(23)11-20(12-17(22)24)7-2-3-8-20)18-13-28-19-14(29-18)5-4-6-15(19)30(25,26)27/h4-6,18H,2-3,7-13H2,1H3,(H,25,26,27). The van der Waals surface area contributed by atoms with Gasteiger partial charge < -0.3 is 9.47 Å². The Morgan fingerprint density at radius 2 is 1.87 bits per heavy atom. The number of nitrogens with zero attached hydrogens (tertiary/aromatic N) is 2. The Morgan fingerprint density at radius 1 is 1.20 bits per heavy atom. The fraction of sp³-hybridized carbons (Fsp3) is 0.600. The largest absolute Gasteiger partial charge is 0.483 e. The molecule has 1 unspecified atom stereocenters. The molecule has 0 bridgehead atoms. The second-order valence-electron chi connectivity index (χ2n) is 8.42. The van der Waals surface area contributed by atoms with Gasteiger partial charge in [-0.1, -0.05) is 18.9 Å². The third-order valence-electron chi connectivity index (χ3n) is 6.34. The summed E-state index contributed by atoms with van der Waals surface area (Å²) in [6.45, 7) is 0.703. The Balaban J connectivity index is 1.37. The molecule has 9 nitrogen and oxygen atoms in total. The Morgan fingerprint density at radius 3 is 2.50 bits per heavy atom. The Bertz CT molecular complexity index is 936. The van der Waals surface area contributed by atoms with Crippen LogP contribution in [0.2, 0.25) is 0 Å². The monoisotopic (exact) mass is 438 g/mol. The number of likely N-dealkylation sites (N-methyl/N-ethyl adjacent to an activating group) is 1. The van der Waals surface area contributed by atoms with E-state index >= 15 is 0 Å². The lowest BCUT2D eigenvalue weighted by atomic mass is 9.76. The number of carbonyl (C=O) groups excluding carboxylic acids is 2. The first-order valence-electron chi connectivity index (χ1n) is 10.1. The lowest BCUT2D eigenvalue weighted by molar-refractivity contribution is -0.154. The summed E-state index contributed by atoms with van der Waals surface area (Å²) in [4.78, 5) is 28.0. The van der Waals surface area contributed by atoms with E-state index in [0.717, 1.165) is 25.7 Å². The van der Waals surface area contributed by atoms with Gasteiger partial charge >= 0.3 is 0 Å². The third kappa shape index (κ3) is 4.03. The molecule has 1 atom stereocenters. The second kappa shape index (κ2) is 7.82. The van der Waals surface area contributed by atoms with Crippen molar-refractivity contribution in [2.75, 3.05) is 26.7 Å². The van der Waals surface area contributed by atoms with E-state index in [9.17, 15) is 22.6 Å². The molecule has 1 aromatic rings. The van der Waals surface area contributed by atoms with Crippen LogP contribution >= 0.6 is 0 Å². The van der Waals surface area contributed by atoms with Gasteiger partial charge in [0, 0.05) is 25.9 Å². The van der Waals surface area contributed by atoms with Crippen molar-refractivity contribution in [1.29, 1.82) is 0 Å². The lowest BCUT2D eigenvalue weighted by Crippen LogP contribution is -2.51. The minimum absolute atomic E-state index is 0.0205. The number of fused-ring (bicyclic) bond motifs is 1. The zero-order chi connectivity index (χ0) is 21.5. The lowest BCUT2D eigenvalue weighted by Gasteiger charge is -2.38. The summed E-state index contributed by atoms with van der Waals surface area (Å²) in [5, 5.41) is 0. The van der Waals surface area contributed by atoms with Crippen molar-refractivity contribution in [3.8, 4) is 11.5 Å². The second-order valence-corrected chi connectivity index (χ2v) is 9.81. The van der Waals surface area contributed by atoms with Gasteiger partial charge in [0.2, 0.25) is 11.8 Å². The van der Waals surface area contributed by atoms with Gasteiger partial charge in [-0.2, -0.15) is 8.42 Å². The molecule has 164 valence electrons. The summed E-state index contributed by atoms with van der Waals surface area (Å²) in [6.07, 6.45) is 4.44. The van der Waals surface area contributed by atoms with Crippen LogP contribution in [0.5, 0.6) is 11.5 Å². The molecule has 2 fully saturated rings. The van der Waals surface area contributed by atoms with Crippen LogP contribution in [0.4, 0.5) is 0 Å². The van der Waals surface area contributed by atoms with Crippen LogP contribution in [0.15, 0.2) is 23.1 Å². The van der Waals surface area contributed by atoms with Crippen LogP contribution in [0.3, 0.4) is 0 Å². The molecule has 1 saturated heterocycles. The highest BCUT2D eigenvalue weighted by molar-refractivity contribution is 7.86. The molecular weight excluding hydrogens is 412 g/mol. The van der Waals surface area contributed by atoms with E-state index in [1.54, 1.807) is 13.1 Å². The summed E-state index contributed by atoms with van der Waals surface area (Å²) < 4.78 is 43.7. The molecule has 4 rings (SSSR count). The van der Waals surface area contributed by atoms with Crippen LogP contribution in [-0.2, 0) is 19.7 Å². The van der Waals surface area contributed by atoms with Crippen molar-refractivity contribution in [3.05, 3.63) is 18.2 Å². The van der Waals surface area contributed by atoms with E-state index in [1.807, 2.05) is 4.90 Å². The molecule has 1 aliphatic carbocycles. The zero-order valence-electron chi connectivity index (χ0n) is 16.9. The topological polar surface area (TPSA) is 113 Å². The van der Waals surface area contributed by atoms with E-state index in [-0.39, 0.29) is 46.8 Å². The van der Waals surface area contributed by atoms with Crippen molar-refractivity contribution in [1.82, 2.24) is 9.80 Å². The highest BCUT2D eigenvalue weighted by atomic mass is 32.2. The predicted octanol–water partition coefficient (Wildman–Crippen LogP) is 1.67. The van der Waals surface area contributed by atoms with Crippen LogP contribution < -0.4 is 9.47 Å². The smallest absolute Gasteiger partial charge is 0.298 e. The number of piperidine rings is 1. The van der Waals surface area contributed by atoms with Gasteiger partial charge in [0.15, 0.2) is 17.7 Å². The molecule has 30 heavy (non-hydrogen) atoms. The third-order valence-corrected chi connectivity index (χ3v) is 7.22. The Labute approximate surface area is 175 Å². The summed E-state index contributed by atoms with van der Waals surface area (Å²) in [7, 11) is -2.65. The number of ether oxygens (including phenoxy) is 2. The first-order chi connectivity index (χ1) is 14.2. The highest BCUT2D eigenvalue weighted by Crippen LogP contribution is 2.46. The molecule has 1 N–H and O–H groups in total. The number of carbonyl (C=O) groups is 2. The van der Waals surface area contributed by atoms with Crippen molar-refractivity contribution in [2.45, 2.75) is 49.6 Å². The number of hydrogen-bond donors (Lipinski definition) is 1. The average molecular weight is 439 g/mol. The number of rotatable bonds is 5. The van der Waals surface area contributed by atoms with E-state index in [2.05, 4.69) is 0 Å². The van der Waals surface area contributed by atoms with Gasteiger partial charge in [0.1, 0.15) is 11.5 Å². The first kappa shape index (κ1) is 21.1. The number of amides is 2. The SMILES string of the molecule is CN(CCN1C(=O)CC2(CCCC2)CC1=O)C1COc2c(cccc2S(=O)(=O)O)O1. The highest BCUT2D eigenvalue weighted by Gasteiger charge is 2.45. The Hall–Kier alpha value is -2.17. The fourth-order valence-corrected chi connectivity index (χ4v) is 5.29. The summed E-state index contributed by atoms with van der Waals surface area (Å²) in [6, 6.07) is 4.26. The molecule has 1 saturated carbocycles. The van der Waals surface area contributed by atoms with Crippen molar-refractivity contribution in [3.63, 3.8) is 0 Å². The number of para-hydroxylation sites is 1. The van der Waals surface area contributed by atoms with Gasteiger partial charge in [0.25, 0.3) is 10.1 Å². The number of imide groups is 1. The van der Waals surface area contributed by atoms with E-state index in [4.69, 9.17) is 9.47 Å². The predicted molar refractivity (Wildman–Crippen MR) is 106 cm³/mol. The van der Waals surface area contributed by atoms with Gasteiger partial charge in [-0.05, 0) is 37.4 Å². The maximum Gasteiger partial charge on any atom is 0.298 e. The quantitative estimate of drug-likeness (QED) is 0.546. The Kier molecular flexibility index (Phi) is 5.50. The summed E-state index contributed by atoms with van der Waals surface area (Å²) in [5.74, 6) is -0.0228. The zero-order valence-corrected chi connectivity index (χ0v) is 17.7. The van der Waals surface area contributed by atoms with E-state index in [0.29, 0.717) is 19.4 Å². The minimum Gasteiger partial charge on any atom is -0.483 e. The molecule has 1 spiro atoms. The van der Waals surface area contributed by atoms with E-state index in [1.165, 1.54) is 17.0 Å². The van der Waals surface area contributed by atoms with Gasteiger partial charge in [-0.3, -0.25) is 23.9 Å². The van der Waals surface area contributed by atoms with Crippen LogP contribution in [0.1, 0.15) is 38.5 Å². The van der Waals surface area contributed by atoms with Gasteiger partial charge in [-0.15, -0.1) is 0 Å². The average Bonchev–Trinajstić information content (AvgIpc) is 3.12. The first-order valence-corrected chi connectivity index (χ1v) is 11.6. The molecule has 0 radical (unpaired) electrons. The molecule has 2 aliphatic heterocycles. The van der Waals surface area contributed by atoms with Gasteiger partial charge in [-0.25, -0.2) is 0 Å². The maximum atomic E-state index is 12.6. The number of likely N-dealkylation sites (tertiary alicyclic amines) is 1. The van der Waals surface area contributed by atoms with E-state index < -0.39 is 16.3 Å². The fourth-order valence-electron chi connectivity index (χ4n) is 4.65. The normalized spacial score (nSPS) is 23.4.